The van der Waals surface area contributed by atoms with E-state index in [1.807, 2.05) is 34.9 Å². The lowest BCUT2D eigenvalue weighted by atomic mass is 10.3. The fourth-order valence-corrected chi connectivity index (χ4v) is 5.26. The van der Waals surface area contributed by atoms with E-state index in [4.69, 9.17) is 20.8 Å². The molecule has 0 saturated carbocycles. The number of rotatable bonds is 6. The molecule has 8 nitrogen and oxygen atoms in total. The number of furan rings is 1. The average molecular weight is 488 g/mol. The highest BCUT2D eigenvalue weighted by molar-refractivity contribution is 7.98. The summed E-state index contributed by atoms with van der Waals surface area (Å²) in [5.41, 5.74) is 1.23. The lowest BCUT2D eigenvalue weighted by molar-refractivity contribution is 0.0299. The number of halogens is 1. The lowest BCUT2D eigenvalue weighted by Crippen LogP contribution is -2.40. The first-order chi connectivity index (χ1) is 15.7. The number of hydrogen-bond acceptors (Lipinski definition) is 8. The van der Waals surface area contributed by atoms with E-state index in [-0.39, 0.29) is 5.91 Å². The maximum Gasteiger partial charge on any atom is 0.273 e. The second-order valence-corrected chi connectivity index (χ2v) is 9.18. The number of carbonyl (C=O) groups is 1. The smallest absolute Gasteiger partial charge is 0.273 e. The molecule has 0 bridgehead atoms. The van der Waals surface area contributed by atoms with Gasteiger partial charge in [-0.15, -0.1) is 21.5 Å². The third kappa shape index (κ3) is 4.31. The molecule has 1 aliphatic rings. The maximum absolute atomic E-state index is 12.7. The van der Waals surface area contributed by atoms with Crippen molar-refractivity contribution in [2.45, 2.75) is 10.9 Å². The van der Waals surface area contributed by atoms with Crippen molar-refractivity contribution in [2.24, 2.45) is 0 Å². The van der Waals surface area contributed by atoms with Gasteiger partial charge in [-0.1, -0.05) is 35.5 Å². The molecule has 0 radical (unpaired) electrons. The van der Waals surface area contributed by atoms with Gasteiger partial charge in [-0.2, -0.15) is 0 Å². The minimum atomic E-state index is -0.0554. The van der Waals surface area contributed by atoms with Crippen LogP contribution in [0.5, 0.6) is 0 Å². The highest BCUT2D eigenvalue weighted by Gasteiger charge is 2.22. The van der Waals surface area contributed by atoms with Crippen molar-refractivity contribution in [1.82, 2.24) is 24.6 Å². The summed E-state index contributed by atoms with van der Waals surface area (Å²) in [6.45, 7) is 2.32. The lowest BCUT2D eigenvalue weighted by Gasteiger charge is -2.25. The molecule has 0 unspecified atom stereocenters. The van der Waals surface area contributed by atoms with Crippen LogP contribution in [0.1, 0.15) is 15.5 Å². The second kappa shape index (κ2) is 9.45. The summed E-state index contributed by atoms with van der Waals surface area (Å²) in [6.07, 6.45) is 1.59. The highest BCUT2D eigenvalue weighted by Crippen LogP contribution is 2.33. The molecule has 0 N–H and O–H groups in total. The molecule has 1 aromatic carbocycles. The van der Waals surface area contributed by atoms with Crippen molar-refractivity contribution in [2.75, 3.05) is 26.3 Å². The van der Waals surface area contributed by atoms with Gasteiger partial charge in [0.1, 0.15) is 10.7 Å². The minimum absolute atomic E-state index is 0.0554. The van der Waals surface area contributed by atoms with Crippen molar-refractivity contribution in [1.29, 1.82) is 0 Å². The van der Waals surface area contributed by atoms with E-state index in [1.165, 1.54) is 23.1 Å². The molecular formula is C21H18ClN5O3S2. The quantitative estimate of drug-likeness (QED) is 0.372. The van der Waals surface area contributed by atoms with Gasteiger partial charge < -0.3 is 14.1 Å². The Morgan fingerprint density at radius 1 is 1.16 bits per heavy atom. The van der Waals surface area contributed by atoms with Crippen LogP contribution in [0.3, 0.4) is 0 Å². The molecular weight excluding hydrogens is 470 g/mol. The van der Waals surface area contributed by atoms with Gasteiger partial charge in [0.25, 0.3) is 5.91 Å². The van der Waals surface area contributed by atoms with Gasteiger partial charge in [0, 0.05) is 18.5 Å². The second-order valence-electron chi connectivity index (χ2n) is 6.89. The van der Waals surface area contributed by atoms with Crippen molar-refractivity contribution in [3.63, 3.8) is 0 Å². The number of amides is 1. The number of hydrogen-bond donors (Lipinski definition) is 0. The summed E-state index contributed by atoms with van der Waals surface area (Å²) >= 11 is 9.40. The number of morpholine rings is 1. The van der Waals surface area contributed by atoms with Crippen molar-refractivity contribution in [3.8, 4) is 17.3 Å². The van der Waals surface area contributed by atoms with E-state index in [9.17, 15) is 4.79 Å². The van der Waals surface area contributed by atoms with Gasteiger partial charge in [0.2, 0.25) is 5.82 Å². The Morgan fingerprint density at radius 2 is 2.00 bits per heavy atom. The van der Waals surface area contributed by atoms with Gasteiger partial charge in [-0.05, 0) is 24.3 Å². The summed E-state index contributed by atoms with van der Waals surface area (Å²) in [5.74, 6) is 1.65. The monoisotopic (exact) mass is 487 g/mol. The number of nitrogens with zero attached hydrogens (tertiary/aromatic N) is 5. The Bertz CT molecular complexity index is 1220. The summed E-state index contributed by atoms with van der Waals surface area (Å²) in [7, 11) is 0. The predicted molar refractivity (Wildman–Crippen MR) is 122 cm³/mol. The predicted octanol–water partition coefficient (Wildman–Crippen LogP) is 4.40. The molecule has 3 aromatic heterocycles. The third-order valence-corrected chi connectivity index (χ3v) is 7.15. The van der Waals surface area contributed by atoms with Crippen molar-refractivity contribution in [3.05, 3.63) is 63.8 Å². The molecule has 1 fully saturated rings. The molecule has 1 saturated heterocycles. The van der Waals surface area contributed by atoms with Crippen LogP contribution in [-0.4, -0.2) is 56.9 Å². The highest BCUT2D eigenvalue weighted by atomic mass is 35.5. The van der Waals surface area contributed by atoms with E-state index in [2.05, 4.69) is 15.2 Å². The number of benzene rings is 1. The van der Waals surface area contributed by atoms with E-state index in [0.717, 1.165) is 10.7 Å². The number of thioether (sulfide) groups is 1. The molecule has 11 heteroatoms. The van der Waals surface area contributed by atoms with Gasteiger partial charge in [0.05, 0.1) is 35.9 Å². The standard InChI is InChI=1S/C21H18ClN5O3S2/c22-14-4-1-2-5-16(14)27-19(17-6-3-9-30-17)24-25-21(27)32-13-18-23-15(12-31-18)20(28)26-7-10-29-11-8-26/h1-6,9,12H,7-8,10-11,13H2. The molecule has 5 rings (SSSR count). The average Bonchev–Trinajstić information content (AvgIpc) is 3.59. The molecule has 0 aliphatic carbocycles. The van der Waals surface area contributed by atoms with E-state index in [1.54, 1.807) is 22.6 Å². The zero-order valence-corrected chi connectivity index (χ0v) is 19.2. The minimum Gasteiger partial charge on any atom is -0.461 e. The van der Waals surface area contributed by atoms with Crippen LogP contribution in [0, 0.1) is 0 Å². The van der Waals surface area contributed by atoms with Crippen LogP contribution in [0.2, 0.25) is 5.02 Å². The summed E-state index contributed by atoms with van der Waals surface area (Å²) in [6, 6.07) is 11.1. The topological polar surface area (TPSA) is 86.3 Å². The molecule has 0 spiro atoms. The largest absolute Gasteiger partial charge is 0.461 e. The fraction of sp³-hybridized carbons (Fsp3) is 0.238. The fourth-order valence-electron chi connectivity index (χ4n) is 3.31. The SMILES string of the molecule is O=C(c1csc(CSc2nnc(-c3ccco3)n2-c2ccccc2Cl)n1)N1CCOCC1. The Kier molecular flexibility index (Phi) is 6.26. The Morgan fingerprint density at radius 3 is 2.78 bits per heavy atom. The molecule has 4 heterocycles. The van der Waals surface area contributed by atoms with Gasteiger partial charge in [-0.25, -0.2) is 4.98 Å². The van der Waals surface area contributed by atoms with E-state index < -0.39 is 0 Å². The van der Waals surface area contributed by atoms with Gasteiger partial charge in [0.15, 0.2) is 10.9 Å². The van der Waals surface area contributed by atoms with E-state index in [0.29, 0.717) is 59.5 Å². The first kappa shape index (κ1) is 21.2. The Hall–Kier alpha value is -2.66. The molecule has 164 valence electrons. The first-order valence-corrected chi connectivity index (χ1v) is 12.1. The summed E-state index contributed by atoms with van der Waals surface area (Å²) < 4.78 is 12.7. The Labute approximate surface area is 197 Å². The van der Waals surface area contributed by atoms with Crippen molar-refractivity contribution < 1.29 is 13.9 Å². The first-order valence-electron chi connectivity index (χ1n) is 9.89. The van der Waals surface area contributed by atoms with E-state index >= 15 is 0 Å². The van der Waals surface area contributed by atoms with Crippen LogP contribution in [0.4, 0.5) is 0 Å². The molecule has 4 aromatic rings. The maximum atomic E-state index is 12.7. The summed E-state index contributed by atoms with van der Waals surface area (Å²) in [5, 5.41) is 12.6. The third-order valence-electron chi connectivity index (χ3n) is 4.86. The molecule has 0 atom stereocenters. The normalized spacial score (nSPS) is 14.1. The Balaban J connectivity index is 1.38. The van der Waals surface area contributed by atoms with Crippen LogP contribution < -0.4 is 0 Å². The number of ether oxygens (including phenoxy) is 1. The molecule has 1 amide bonds. The number of thiazole rings is 1. The van der Waals surface area contributed by atoms with Crippen molar-refractivity contribution >= 4 is 40.6 Å². The van der Waals surface area contributed by atoms with Crippen LogP contribution in [0.25, 0.3) is 17.3 Å². The molecule has 32 heavy (non-hydrogen) atoms. The summed E-state index contributed by atoms with van der Waals surface area (Å²) in [4.78, 5) is 19.0. The van der Waals surface area contributed by atoms with Gasteiger partial charge >= 0.3 is 0 Å². The molecule has 1 aliphatic heterocycles. The zero-order chi connectivity index (χ0) is 21.9. The number of para-hydroxylation sites is 1. The van der Waals surface area contributed by atoms with Crippen LogP contribution >= 0.6 is 34.7 Å². The number of aromatic nitrogens is 4. The van der Waals surface area contributed by atoms with Crippen LogP contribution in [-0.2, 0) is 10.5 Å². The van der Waals surface area contributed by atoms with Crippen LogP contribution in [0.15, 0.2) is 57.6 Å². The van der Waals surface area contributed by atoms with Gasteiger partial charge in [-0.3, -0.25) is 9.36 Å². The number of carbonyl (C=O) groups excluding carboxylic acids is 1. The zero-order valence-electron chi connectivity index (χ0n) is 16.8.